The summed E-state index contributed by atoms with van der Waals surface area (Å²) in [6.45, 7) is 3.69. The zero-order chi connectivity index (χ0) is 20.8. The fraction of sp³-hybridized carbons (Fsp3) is 0.190. The minimum absolute atomic E-state index is 0.203. The van der Waals surface area contributed by atoms with Crippen LogP contribution in [0.4, 0.5) is 0 Å². The van der Waals surface area contributed by atoms with Gasteiger partial charge in [-0.1, -0.05) is 34.7 Å². The summed E-state index contributed by atoms with van der Waals surface area (Å²) in [5, 5.41) is 7.60. The molecule has 0 fully saturated rings. The second-order valence-corrected chi connectivity index (χ2v) is 8.14. The smallest absolute Gasteiger partial charge is 0.273 e. The van der Waals surface area contributed by atoms with Crippen LogP contribution in [0.5, 0.6) is 0 Å². The van der Waals surface area contributed by atoms with Gasteiger partial charge >= 0.3 is 0 Å². The van der Waals surface area contributed by atoms with Gasteiger partial charge < -0.3 is 14.4 Å². The van der Waals surface area contributed by atoms with Crippen molar-refractivity contribution < 1.29 is 9.32 Å². The van der Waals surface area contributed by atoms with Crippen molar-refractivity contribution in [1.29, 1.82) is 0 Å². The zero-order valence-corrected chi connectivity index (χ0v) is 17.4. The Bertz CT molecular complexity index is 1400. The first kappa shape index (κ1) is 18.4. The van der Waals surface area contributed by atoms with Crippen LogP contribution in [0.1, 0.15) is 34.8 Å². The van der Waals surface area contributed by atoms with Gasteiger partial charge in [0, 0.05) is 18.7 Å². The molecule has 5 rings (SSSR count). The fourth-order valence-electron chi connectivity index (χ4n) is 3.40. The van der Waals surface area contributed by atoms with E-state index in [-0.39, 0.29) is 17.6 Å². The maximum Gasteiger partial charge on any atom is 0.273 e. The Morgan fingerprint density at radius 2 is 2.13 bits per heavy atom. The number of fused-ring (bicyclic) bond motifs is 3. The summed E-state index contributed by atoms with van der Waals surface area (Å²) in [5.74, 6) is 0.328. The number of rotatable bonds is 4. The zero-order valence-electron chi connectivity index (χ0n) is 16.6. The van der Waals surface area contributed by atoms with E-state index < -0.39 is 0 Å². The minimum Gasteiger partial charge on any atom is -0.361 e. The van der Waals surface area contributed by atoms with Crippen LogP contribution in [0.3, 0.4) is 0 Å². The lowest BCUT2D eigenvalue weighted by atomic mass is 10.1. The monoisotopic (exact) mass is 418 g/mol. The second kappa shape index (κ2) is 7.03. The van der Waals surface area contributed by atoms with E-state index in [1.54, 1.807) is 25.5 Å². The number of hydrogen-bond donors (Lipinski definition) is 1. The molecule has 0 aliphatic carbocycles. The first-order chi connectivity index (χ1) is 14.5. The summed E-state index contributed by atoms with van der Waals surface area (Å²) in [6.07, 6.45) is 3.55. The third-order valence-electron chi connectivity index (χ3n) is 4.94. The molecule has 0 saturated heterocycles. The Balaban J connectivity index is 1.46. The summed E-state index contributed by atoms with van der Waals surface area (Å²) in [5.41, 5.74) is 4.87. The molecule has 4 aromatic heterocycles. The van der Waals surface area contributed by atoms with Gasteiger partial charge in [0.25, 0.3) is 5.91 Å². The highest BCUT2D eigenvalue weighted by atomic mass is 32.1. The van der Waals surface area contributed by atoms with E-state index in [2.05, 4.69) is 20.4 Å². The van der Waals surface area contributed by atoms with Crippen molar-refractivity contribution in [3.8, 4) is 10.6 Å². The van der Waals surface area contributed by atoms with Gasteiger partial charge in [0.05, 0.1) is 24.1 Å². The van der Waals surface area contributed by atoms with Crippen LogP contribution in [0.25, 0.3) is 32.0 Å². The lowest BCUT2D eigenvalue weighted by Crippen LogP contribution is -2.26. The summed E-state index contributed by atoms with van der Waals surface area (Å²) in [7, 11) is 1.95. The van der Waals surface area contributed by atoms with Crippen molar-refractivity contribution in [1.82, 2.24) is 30.0 Å². The number of thiazole rings is 1. The predicted octanol–water partition coefficient (Wildman–Crippen LogP) is 4.03. The molecule has 1 N–H and O–H groups in total. The summed E-state index contributed by atoms with van der Waals surface area (Å²) in [4.78, 5) is 27.0. The van der Waals surface area contributed by atoms with Crippen molar-refractivity contribution in [2.45, 2.75) is 19.9 Å². The lowest BCUT2D eigenvalue weighted by molar-refractivity contribution is 0.0930. The van der Waals surface area contributed by atoms with Crippen molar-refractivity contribution in [2.24, 2.45) is 7.05 Å². The molecular formula is C21H18N6O2S. The van der Waals surface area contributed by atoms with Crippen molar-refractivity contribution in [3.63, 3.8) is 0 Å². The topological polar surface area (TPSA) is 98.7 Å². The average Bonchev–Trinajstić information content (AvgIpc) is 3.46. The number of nitrogens with zero attached hydrogens (tertiary/aromatic N) is 5. The Hall–Kier alpha value is -3.59. The Morgan fingerprint density at radius 3 is 2.93 bits per heavy atom. The highest BCUT2D eigenvalue weighted by molar-refractivity contribution is 7.21. The lowest BCUT2D eigenvalue weighted by Gasteiger charge is -2.14. The molecule has 150 valence electrons. The molecule has 0 spiro atoms. The predicted molar refractivity (Wildman–Crippen MR) is 114 cm³/mol. The van der Waals surface area contributed by atoms with E-state index in [0.717, 1.165) is 37.5 Å². The number of aromatic nitrogens is 5. The third kappa shape index (κ3) is 3.13. The molecule has 8 nitrogen and oxygen atoms in total. The Morgan fingerprint density at radius 1 is 1.27 bits per heavy atom. The third-order valence-corrected chi connectivity index (χ3v) is 5.96. The number of imidazole rings is 1. The van der Waals surface area contributed by atoms with Gasteiger partial charge in [-0.15, -0.1) is 0 Å². The van der Waals surface area contributed by atoms with Crippen LogP contribution in [0.2, 0.25) is 0 Å². The number of carbonyl (C=O) groups excluding carboxylic acids is 1. The molecule has 1 atom stereocenters. The highest BCUT2D eigenvalue weighted by Crippen LogP contribution is 2.33. The maximum absolute atomic E-state index is 12.4. The summed E-state index contributed by atoms with van der Waals surface area (Å²) < 4.78 is 6.94. The van der Waals surface area contributed by atoms with E-state index in [1.807, 2.05) is 42.8 Å². The molecule has 0 radical (unpaired) electrons. The van der Waals surface area contributed by atoms with E-state index in [9.17, 15) is 4.79 Å². The molecular weight excluding hydrogens is 400 g/mol. The highest BCUT2D eigenvalue weighted by Gasteiger charge is 2.17. The largest absolute Gasteiger partial charge is 0.361 e. The van der Waals surface area contributed by atoms with Crippen molar-refractivity contribution >= 4 is 38.6 Å². The van der Waals surface area contributed by atoms with E-state index >= 15 is 0 Å². The summed E-state index contributed by atoms with van der Waals surface area (Å²) in [6, 6.07) is 9.41. The van der Waals surface area contributed by atoms with Crippen LogP contribution in [0.15, 0.2) is 47.4 Å². The molecule has 9 heteroatoms. The molecule has 0 bridgehead atoms. The number of pyridine rings is 1. The van der Waals surface area contributed by atoms with Gasteiger partial charge in [-0.2, -0.15) is 0 Å². The van der Waals surface area contributed by atoms with Crippen LogP contribution >= 0.6 is 11.3 Å². The van der Waals surface area contributed by atoms with Crippen LogP contribution in [0, 0.1) is 6.92 Å². The first-order valence-electron chi connectivity index (χ1n) is 9.40. The number of aryl methyl sites for hydroxylation is 2. The fourth-order valence-corrected chi connectivity index (χ4v) is 4.31. The van der Waals surface area contributed by atoms with Crippen molar-refractivity contribution in [3.05, 3.63) is 59.9 Å². The van der Waals surface area contributed by atoms with Crippen molar-refractivity contribution in [2.75, 3.05) is 0 Å². The number of amides is 1. The van der Waals surface area contributed by atoms with E-state index in [4.69, 9.17) is 9.51 Å². The molecule has 1 aromatic carbocycles. The standard InChI is InChI=1S/C21H18N6O2S/c1-11-7-15(26-29-11)19(28)24-12(2)13-5-4-6-14(8-13)20-25-17-18-16(23-10-27(18)3)9-22-21(17)30-20/h4-10,12H,1-3H3,(H,24,28)/t12-/m0/s1. The van der Waals surface area contributed by atoms with Crippen LogP contribution in [-0.2, 0) is 7.05 Å². The minimum atomic E-state index is -0.271. The van der Waals surface area contributed by atoms with Gasteiger partial charge in [0.1, 0.15) is 26.6 Å². The SMILES string of the molecule is Cc1cc(C(=O)N[C@@H](C)c2cccc(-c3nc4c(ncc5ncn(C)c54)s3)c2)no1. The average molecular weight is 418 g/mol. The number of carbonyl (C=O) groups is 1. The normalized spacial score (nSPS) is 12.5. The molecule has 0 aliphatic rings. The van der Waals surface area contributed by atoms with Gasteiger partial charge in [-0.25, -0.2) is 15.0 Å². The quantitative estimate of drug-likeness (QED) is 0.473. The molecule has 30 heavy (non-hydrogen) atoms. The van der Waals surface area contributed by atoms with Gasteiger partial charge in [-0.3, -0.25) is 4.79 Å². The number of benzene rings is 1. The molecule has 1 amide bonds. The molecule has 0 unspecified atom stereocenters. The molecule has 0 aliphatic heterocycles. The molecule has 0 saturated carbocycles. The number of nitrogens with one attached hydrogen (secondary N) is 1. The second-order valence-electron chi connectivity index (χ2n) is 7.16. The van der Waals surface area contributed by atoms with E-state index in [0.29, 0.717) is 5.76 Å². The van der Waals surface area contributed by atoms with Crippen LogP contribution in [-0.4, -0.2) is 30.6 Å². The Labute approximate surface area is 175 Å². The van der Waals surface area contributed by atoms with Gasteiger partial charge in [0.2, 0.25) is 0 Å². The molecule has 5 aromatic rings. The molecule has 4 heterocycles. The van der Waals surface area contributed by atoms with Gasteiger partial charge in [-0.05, 0) is 25.5 Å². The van der Waals surface area contributed by atoms with Gasteiger partial charge in [0.15, 0.2) is 5.69 Å². The van der Waals surface area contributed by atoms with Crippen LogP contribution < -0.4 is 5.32 Å². The summed E-state index contributed by atoms with van der Waals surface area (Å²) >= 11 is 1.54. The van der Waals surface area contributed by atoms with E-state index in [1.165, 1.54) is 11.3 Å². The first-order valence-corrected chi connectivity index (χ1v) is 10.2. The Kier molecular flexibility index (Phi) is 4.32. The maximum atomic E-state index is 12.4. The number of hydrogen-bond acceptors (Lipinski definition) is 7.